The molecule has 0 amide bonds. The molecular formula is C11H12Br2O2. The lowest BCUT2D eigenvalue weighted by atomic mass is 10.0. The Labute approximate surface area is 106 Å². The Bertz CT molecular complexity index is 375. The zero-order chi connectivity index (χ0) is 11.4. The molecule has 0 atom stereocenters. The minimum atomic E-state index is -0.207. The van der Waals surface area contributed by atoms with Crippen LogP contribution >= 0.6 is 31.9 Å². The largest absolute Gasteiger partial charge is 0.469 e. The van der Waals surface area contributed by atoms with E-state index < -0.39 is 0 Å². The summed E-state index contributed by atoms with van der Waals surface area (Å²) < 4.78 is 5.71. The highest BCUT2D eigenvalue weighted by Crippen LogP contribution is 2.24. The monoisotopic (exact) mass is 334 g/mol. The molecule has 1 aromatic rings. The van der Waals surface area contributed by atoms with Crippen LogP contribution in [0.1, 0.15) is 16.7 Å². The molecule has 0 N–H and O–H groups in total. The van der Waals surface area contributed by atoms with Crippen LogP contribution in [0, 0.1) is 6.92 Å². The Morgan fingerprint density at radius 2 is 2.07 bits per heavy atom. The molecule has 82 valence electrons. The first-order valence-electron chi connectivity index (χ1n) is 4.49. The highest BCUT2D eigenvalue weighted by molar-refractivity contribution is 9.10. The van der Waals surface area contributed by atoms with Crippen LogP contribution in [-0.4, -0.2) is 13.1 Å². The maximum Gasteiger partial charge on any atom is 0.309 e. The van der Waals surface area contributed by atoms with Crippen LogP contribution in [0.5, 0.6) is 0 Å². The van der Waals surface area contributed by atoms with Crippen LogP contribution in [-0.2, 0) is 21.3 Å². The van der Waals surface area contributed by atoms with Crippen molar-refractivity contribution < 1.29 is 9.53 Å². The zero-order valence-electron chi connectivity index (χ0n) is 8.64. The van der Waals surface area contributed by atoms with Crippen LogP contribution < -0.4 is 0 Å². The van der Waals surface area contributed by atoms with Crippen molar-refractivity contribution in [2.24, 2.45) is 0 Å². The minimum Gasteiger partial charge on any atom is -0.469 e. The van der Waals surface area contributed by atoms with E-state index in [9.17, 15) is 4.79 Å². The molecule has 0 heterocycles. The van der Waals surface area contributed by atoms with Crippen LogP contribution in [0.4, 0.5) is 0 Å². The van der Waals surface area contributed by atoms with Gasteiger partial charge < -0.3 is 4.74 Å². The average molecular weight is 336 g/mol. The SMILES string of the molecule is COC(=O)Cc1cc(CBr)c(Br)cc1C. The van der Waals surface area contributed by atoms with E-state index in [4.69, 9.17) is 0 Å². The normalized spacial score (nSPS) is 10.1. The van der Waals surface area contributed by atoms with Gasteiger partial charge in [0.25, 0.3) is 0 Å². The molecule has 1 rings (SSSR count). The van der Waals surface area contributed by atoms with Gasteiger partial charge in [-0.2, -0.15) is 0 Å². The number of alkyl halides is 1. The van der Waals surface area contributed by atoms with Crippen molar-refractivity contribution in [1.82, 2.24) is 0 Å². The van der Waals surface area contributed by atoms with E-state index in [-0.39, 0.29) is 5.97 Å². The summed E-state index contributed by atoms with van der Waals surface area (Å²) in [7, 11) is 1.40. The van der Waals surface area contributed by atoms with E-state index >= 15 is 0 Å². The van der Waals surface area contributed by atoms with Crippen molar-refractivity contribution in [3.8, 4) is 0 Å². The molecule has 1 aromatic carbocycles. The topological polar surface area (TPSA) is 26.3 Å². The number of carbonyl (C=O) groups excluding carboxylic acids is 1. The highest BCUT2D eigenvalue weighted by atomic mass is 79.9. The van der Waals surface area contributed by atoms with Crippen LogP contribution in [0.25, 0.3) is 0 Å². The molecule has 0 unspecified atom stereocenters. The smallest absolute Gasteiger partial charge is 0.309 e. The molecule has 15 heavy (non-hydrogen) atoms. The maximum atomic E-state index is 11.2. The van der Waals surface area contributed by atoms with Gasteiger partial charge in [-0.05, 0) is 29.7 Å². The molecule has 0 spiro atoms. The molecule has 0 aliphatic carbocycles. The second kappa shape index (κ2) is 5.66. The summed E-state index contributed by atoms with van der Waals surface area (Å²) >= 11 is 6.88. The third kappa shape index (κ3) is 3.31. The van der Waals surface area contributed by atoms with Gasteiger partial charge in [0.05, 0.1) is 13.5 Å². The Morgan fingerprint density at radius 1 is 1.40 bits per heavy atom. The van der Waals surface area contributed by atoms with Crippen molar-refractivity contribution in [3.05, 3.63) is 33.3 Å². The summed E-state index contributed by atoms with van der Waals surface area (Å²) in [6.07, 6.45) is 0.329. The van der Waals surface area contributed by atoms with Gasteiger partial charge in [0.1, 0.15) is 0 Å². The number of hydrogen-bond acceptors (Lipinski definition) is 2. The van der Waals surface area contributed by atoms with E-state index in [1.54, 1.807) is 0 Å². The fourth-order valence-electron chi connectivity index (χ4n) is 1.29. The van der Waals surface area contributed by atoms with Crippen molar-refractivity contribution in [1.29, 1.82) is 0 Å². The van der Waals surface area contributed by atoms with E-state index in [1.165, 1.54) is 7.11 Å². The number of hydrogen-bond donors (Lipinski definition) is 0. The van der Waals surface area contributed by atoms with Crippen LogP contribution in [0.2, 0.25) is 0 Å². The van der Waals surface area contributed by atoms with Crippen molar-refractivity contribution in [3.63, 3.8) is 0 Å². The van der Waals surface area contributed by atoms with Gasteiger partial charge in [-0.1, -0.05) is 37.9 Å². The van der Waals surface area contributed by atoms with Crippen molar-refractivity contribution in [2.75, 3.05) is 7.11 Å². The number of benzene rings is 1. The number of halogens is 2. The van der Waals surface area contributed by atoms with Crippen molar-refractivity contribution >= 4 is 37.8 Å². The molecule has 0 aliphatic rings. The first kappa shape index (κ1) is 12.7. The van der Waals surface area contributed by atoms with Crippen LogP contribution in [0.15, 0.2) is 16.6 Å². The molecule has 4 heteroatoms. The first-order valence-corrected chi connectivity index (χ1v) is 6.40. The molecular weight excluding hydrogens is 324 g/mol. The van der Waals surface area contributed by atoms with E-state index in [0.29, 0.717) is 6.42 Å². The quantitative estimate of drug-likeness (QED) is 0.625. The molecule has 0 fully saturated rings. The fraction of sp³-hybridized carbons (Fsp3) is 0.364. The lowest BCUT2D eigenvalue weighted by Gasteiger charge is -2.08. The molecule has 2 nitrogen and oxygen atoms in total. The van der Waals surface area contributed by atoms with Gasteiger partial charge >= 0.3 is 5.97 Å². The summed E-state index contributed by atoms with van der Waals surface area (Å²) in [5.41, 5.74) is 3.25. The van der Waals surface area contributed by atoms with Gasteiger partial charge in [-0.3, -0.25) is 4.79 Å². The summed E-state index contributed by atoms with van der Waals surface area (Å²) in [5, 5.41) is 0.766. The highest BCUT2D eigenvalue weighted by Gasteiger charge is 2.09. The first-order chi connectivity index (χ1) is 7.08. The number of methoxy groups -OCH3 is 1. The third-order valence-corrected chi connectivity index (χ3v) is 3.55. The Hall–Kier alpha value is -0.350. The number of carbonyl (C=O) groups is 1. The van der Waals surface area contributed by atoms with Crippen molar-refractivity contribution in [2.45, 2.75) is 18.7 Å². The lowest BCUT2D eigenvalue weighted by Crippen LogP contribution is -2.06. The van der Waals surface area contributed by atoms with E-state index in [1.807, 2.05) is 19.1 Å². The number of aryl methyl sites for hydroxylation is 1. The molecule has 0 saturated heterocycles. The van der Waals surface area contributed by atoms with E-state index in [2.05, 4.69) is 36.6 Å². The van der Waals surface area contributed by atoms with Gasteiger partial charge in [-0.15, -0.1) is 0 Å². The number of esters is 1. The summed E-state index contributed by atoms with van der Waals surface area (Å²) in [4.78, 5) is 11.2. The zero-order valence-corrected chi connectivity index (χ0v) is 11.8. The summed E-state index contributed by atoms with van der Waals surface area (Å²) in [6.45, 7) is 1.99. The van der Waals surface area contributed by atoms with Gasteiger partial charge in [0, 0.05) is 9.80 Å². The summed E-state index contributed by atoms with van der Waals surface area (Å²) in [6, 6.07) is 4.04. The molecule has 0 aliphatic heterocycles. The van der Waals surface area contributed by atoms with Gasteiger partial charge in [0.15, 0.2) is 0 Å². The van der Waals surface area contributed by atoms with Gasteiger partial charge in [0.2, 0.25) is 0 Å². The predicted octanol–water partition coefficient (Wildman–Crippen LogP) is 3.37. The fourth-order valence-corrected chi connectivity index (χ4v) is 2.73. The Morgan fingerprint density at radius 3 is 2.60 bits per heavy atom. The minimum absolute atomic E-state index is 0.207. The Balaban J connectivity index is 3.02. The predicted molar refractivity (Wildman–Crippen MR) is 67.2 cm³/mol. The number of rotatable bonds is 3. The lowest BCUT2D eigenvalue weighted by molar-refractivity contribution is -0.139. The molecule has 0 bridgehead atoms. The van der Waals surface area contributed by atoms with Crippen LogP contribution in [0.3, 0.4) is 0 Å². The molecule has 0 aromatic heterocycles. The maximum absolute atomic E-state index is 11.2. The Kier molecular flexibility index (Phi) is 4.80. The van der Waals surface area contributed by atoms with Gasteiger partial charge in [-0.25, -0.2) is 0 Å². The number of ether oxygens (including phenoxy) is 1. The second-order valence-electron chi connectivity index (χ2n) is 3.26. The average Bonchev–Trinajstić information content (AvgIpc) is 2.21. The molecule has 0 saturated carbocycles. The third-order valence-electron chi connectivity index (χ3n) is 2.21. The molecule has 0 radical (unpaired) electrons. The summed E-state index contributed by atoms with van der Waals surface area (Å²) in [5.74, 6) is -0.207. The second-order valence-corrected chi connectivity index (χ2v) is 4.67. The standard InChI is InChI=1S/C11H12Br2O2/c1-7-3-10(13)9(6-12)4-8(7)5-11(14)15-2/h3-4H,5-6H2,1-2H3. The van der Waals surface area contributed by atoms with E-state index in [0.717, 1.165) is 26.5 Å².